The Morgan fingerprint density at radius 3 is 2.86 bits per heavy atom. The Morgan fingerprint density at radius 1 is 1.43 bits per heavy atom. The zero-order valence-corrected chi connectivity index (χ0v) is 8.28. The van der Waals surface area contributed by atoms with Gasteiger partial charge >= 0.3 is 0 Å². The summed E-state index contributed by atoms with van der Waals surface area (Å²) in [5, 5.41) is 0. The summed E-state index contributed by atoms with van der Waals surface area (Å²) in [4.78, 5) is 3.99. The van der Waals surface area contributed by atoms with Crippen molar-refractivity contribution in [2.45, 2.75) is 24.8 Å². The van der Waals surface area contributed by atoms with Crippen molar-refractivity contribution in [3.63, 3.8) is 0 Å². The zero-order valence-electron chi connectivity index (χ0n) is 8.28. The van der Waals surface area contributed by atoms with Crippen LogP contribution in [0.25, 0.3) is 0 Å². The Morgan fingerprint density at radius 2 is 2.21 bits per heavy atom. The Kier molecular flexibility index (Phi) is 2.79. The van der Waals surface area contributed by atoms with E-state index in [1.54, 1.807) is 0 Å². The van der Waals surface area contributed by atoms with Crippen LogP contribution in [-0.2, 0) is 11.2 Å². The van der Waals surface area contributed by atoms with Crippen LogP contribution in [0, 0.1) is 0 Å². The molecular formula is C11H16N2O. The fourth-order valence-electron chi connectivity index (χ4n) is 1.92. The largest absolute Gasteiger partial charge is 0.380 e. The quantitative estimate of drug-likeness (QED) is 0.764. The summed E-state index contributed by atoms with van der Waals surface area (Å²) >= 11 is 0. The van der Waals surface area contributed by atoms with Crippen LogP contribution in [-0.4, -0.2) is 23.7 Å². The number of ether oxygens (including phenoxy) is 1. The van der Waals surface area contributed by atoms with E-state index >= 15 is 0 Å². The topological polar surface area (TPSA) is 48.1 Å². The highest BCUT2D eigenvalue weighted by atomic mass is 16.5. The molecule has 2 heterocycles. The molecule has 76 valence electrons. The number of hydrogen-bond acceptors (Lipinski definition) is 3. The van der Waals surface area contributed by atoms with Gasteiger partial charge in [0.2, 0.25) is 0 Å². The minimum absolute atomic E-state index is 0.167. The normalized spacial score (nSPS) is 27.5. The number of aromatic nitrogens is 1. The lowest BCUT2D eigenvalue weighted by molar-refractivity contribution is 0.0382. The van der Waals surface area contributed by atoms with Crippen molar-refractivity contribution in [1.82, 2.24) is 4.98 Å². The number of nitrogens with two attached hydrogens (primary N) is 1. The van der Waals surface area contributed by atoms with Gasteiger partial charge in [0.25, 0.3) is 0 Å². The molecule has 1 aromatic heterocycles. The van der Waals surface area contributed by atoms with Crippen LogP contribution >= 0.6 is 0 Å². The molecule has 1 unspecified atom stereocenters. The molecule has 14 heavy (non-hydrogen) atoms. The molecule has 1 saturated heterocycles. The third-order valence-electron chi connectivity index (χ3n) is 2.66. The Labute approximate surface area is 84.3 Å². The first-order valence-electron chi connectivity index (χ1n) is 5.04. The van der Waals surface area contributed by atoms with Gasteiger partial charge < -0.3 is 10.5 Å². The molecule has 3 heteroatoms. The fourth-order valence-corrected chi connectivity index (χ4v) is 1.92. The molecule has 1 fully saturated rings. The van der Waals surface area contributed by atoms with E-state index in [0.29, 0.717) is 6.61 Å². The summed E-state index contributed by atoms with van der Waals surface area (Å²) in [5.41, 5.74) is 7.32. The first-order valence-corrected chi connectivity index (χ1v) is 5.04. The molecule has 0 aromatic carbocycles. The average Bonchev–Trinajstić information content (AvgIpc) is 2.19. The Hall–Kier alpha value is -0.930. The molecule has 3 nitrogen and oxygen atoms in total. The number of pyridine rings is 1. The second-order valence-corrected chi connectivity index (χ2v) is 4.05. The first-order chi connectivity index (χ1) is 6.79. The lowest BCUT2D eigenvalue weighted by atomic mass is 9.87. The van der Waals surface area contributed by atoms with Gasteiger partial charge in [0.15, 0.2) is 0 Å². The first kappa shape index (κ1) is 9.62. The highest BCUT2D eigenvalue weighted by molar-refractivity contribution is 5.14. The molecule has 1 aliphatic heterocycles. The fraction of sp³-hybridized carbons (Fsp3) is 0.545. The van der Waals surface area contributed by atoms with Crippen molar-refractivity contribution in [3.05, 3.63) is 30.1 Å². The average molecular weight is 192 g/mol. The van der Waals surface area contributed by atoms with Crippen molar-refractivity contribution < 1.29 is 4.74 Å². The van der Waals surface area contributed by atoms with Crippen LogP contribution in [0.3, 0.4) is 0 Å². The van der Waals surface area contributed by atoms with Crippen molar-refractivity contribution >= 4 is 0 Å². The molecule has 2 rings (SSSR count). The maximum absolute atomic E-state index is 6.25. The third-order valence-corrected chi connectivity index (χ3v) is 2.66. The lowest BCUT2D eigenvalue weighted by Crippen LogP contribution is -2.49. The van der Waals surface area contributed by atoms with Gasteiger partial charge in [0.1, 0.15) is 0 Å². The van der Waals surface area contributed by atoms with Gasteiger partial charge in [-0.15, -0.1) is 0 Å². The van der Waals surface area contributed by atoms with Crippen molar-refractivity contribution in [1.29, 1.82) is 0 Å². The summed E-state index contributed by atoms with van der Waals surface area (Å²) in [5.74, 6) is 0. The van der Waals surface area contributed by atoms with Gasteiger partial charge in [-0.2, -0.15) is 0 Å². The highest BCUT2D eigenvalue weighted by Crippen LogP contribution is 2.20. The molecule has 0 amide bonds. The molecule has 1 aromatic rings. The summed E-state index contributed by atoms with van der Waals surface area (Å²) in [6.45, 7) is 1.53. The smallest absolute Gasteiger partial charge is 0.0649 e. The highest BCUT2D eigenvalue weighted by Gasteiger charge is 2.28. The number of rotatable bonds is 2. The van der Waals surface area contributed by atoms with Crippen LogP contribution in [0.2, 0.25) is 0 Å². The summed E-state index contributed by atoms with van der Waals surface area (Å²) in [6.07, 6.45) is 6.62. The van der Waals surface area contributed by atoms with Gasteiger partial charge in [-0.3, -0.25) is 4.98 Å². The van der Waals surface area contributed by atoms with Crippen molar-refractivity contribution in [2.75, 3.05) is 13.2 Å². The van der Waals surface area contributed by atoms with E-state index in [-0.39, 0.29) is 5.54 Å². The molecule has 0 spiro atoms. The van der Waals surface area contributed by atoms with E-state index in [0.717, 1.165) is 25.9 Å². The van der Waals surface area contributed by atoms with Gasteiger partial charge in [-0.05, 0) is 37.0 Å². The predicted molar refractivity (Wildman–Crippen MR) is 54.9 cm³/mol. The lowest BCUT2D eigenvalue weighted by Gasteiger charge is -2.33. The van der Waals surface area contributed by atoms with E-state index in [2.05, 4.69) is 4.98 Å². The third kappa shape index (κ3) is 2.30. The minimum Gasteiger partial charge on any atom is -0.380 e. The van der Waals surface area contributed by atoms with E-state index in [9.17, 15) is 0 Å². The molecule has 2 N–H and O–H groups in total. The second-order valence-electron chi connectivity index (χ2n) is 4.05. The Bertz CT molecular complexity index is 281. The van der Waals surface area contributed by atoms with Crippen molar-refractivity contribution in [3.8, 4) is 0 Å². The minimum atomic E-state index is -0.167. The van der Waals surface area contributed by atoms with E-state index in [1.807, 2.05) is 24.5 Å². The van der Waals surface area contributed by atoms with Gasteiger partial charge in [0, 0.05) is 24.5 Å². The number of hydrogen-bond donors (Lipinski definition) is 1. The molecule has 0 radical (unpaired) electrons. The monoisotopic (exact) mass is 192 g/mol. The number of nitrogens with zero attached hydrogens (tertiary/aromatic N) is 1. The molecular weight excluding hydrogens is 176 g/mol. The maximum atomic E-state index is 6.25. The molecule has 0 saturated carbocycles. The van der Waals surface area contributed by atoms with Gasteiger partial charge in [-0.25, -0.2) is 0 Å². The molecule has 0 aliphatic carbocycles. The van der Waals surface area contributed by atoms with E-state index < -0.39 is 0 Å². The summed E-state index contributed by atoms with van der Waals surface area (Å²) < 4.78 is 5.42. The summed E-state index contributed by atoms with van der Waals surface area (Å²) in [7, 11) is 0. The van der Waals surface area contributed by atoms with E-state index in [4.69, 9.17) is 10.5 Å². The molecule has 1 atom stereocenters. The molecule has 1 aliphatic rings. The molecule has 0 bridgehead atoms. The standard InChI is InChI=1S/C11H16N2O/c12-11(4-1-7-14-9-11)8-10-2-5-13-6-3-10/h2-3,5-6H,1,4,7-9,12H2. The van der Waals surface area contributed by atoms with Crippen LogP contribution in [0.1, 0.15) is 18.4 Å². The van der Waals surface area contributed by atoms with Crippen LogP contribution in [0.5, 0.6) is 0 Å². The van der Waals surface area contributed by atoms with Gasteiger partial charge in [0.05, 0.1) is 6.61 Å². The van der Waals surface area contributed by atoms with E-state index in [1.165, 1.54) is 5.56 Å². The van der Waals surface area contributed by atoms with Crippen LogP contribution < -0.4 is 5.73 Å². The van der Waals surface area contributed by atoms with Crippen molar-refractivity contribution in [2.24, 2.45) is 5.73 Å². The predicted octanol–water partition coefficient (Wildman–Crippen LogP) is 1.13. The van der Waals surface area contributed by atoms with Crippen LogP contribution in [0.15, 0.2) is 24.5 Å². The zero-order chi connectivity index (χ0) is 9.86. The van der Waals surface area contributed by atoms with Gasteiger partial charge in [-0.1, -0.05) is 0 Å². The van der Waals surface area contributed by atoms with Crippen LogP contribution in [0.4, 0.5) is 0 Å². The maximum Gasteiger partial charge on any atom is 0.0649 e. The summed E-state index contributed by atoms with van der Waals surface area (Å²) in [6, 6.07) is 4.03. The second kappa shape index (κ2) is 4.07. The SMILES string of the molecule is NC1(Cc2ccncc2)CCCOC1. The Balaban J connectivity index is 2.02.